The van der Waals surface area contributed by atoms with Crippen LogP contribution in [0, 0.1) is 12.7 Å². The molecule has 1 N–H and O–H groups in total. The number of nitrogens with zero attached hydrogens (tertiary/aromatic N) is 2. The predicted octanol–water partition coefficient (Wildman–Crippen LogP) is 1.84. The summed E-state index contributed by atoms with van der Waals surface area (Å²) >= 11 is 5.63. The third kappa shape index (κ3) is 3.19. The van der Waals surface area contributed by atoms with Gasteiger partial charge in [0, 0.05) is 5.02 Å². The number of hydrogen-bond donors (Lipinski definition) is 1. The second-order valence-corrected chi connectivity index (χ2v) is 6.46. The fourth-order valence-corrected chi connectivity index (χ4v) is 3.16. The van der Waals surface area contributed by atoms with Crippen LogP contribution in [-0.2, 0) is 15.6 Å². The number of carbonyl (C=O) groups is 1. The van der Waals surface area contributed by atoms with Crippen molar-refractivity contribution >= 4 is 27.4 Å². The van der Waals surface area contributed by atoms with Crippen LogP contribution in [0.1, 0.15) is 22.1 Å². The van der Waals surface area contributed by atoms with E-state index in [1.165, 1.54) is 6.92 Å². The molecule has 1 aromatic carbocycles. The first-order valence-electron chi connectivity index (χ1n) is 5.45. The van der Waals surface area contributed by atoms with E-state index >= 15 is 0 Å². The minimum atomic E-state index is -4.23. The van der Waals surface area contributed by atoms with Crippen molar-refractivity contribution in [3.8, 4) is 0 Å². The monoisotopic (exact) mass is 334 g/mol. The first-order chi connectivity index (χ1) is 9.70. The number of carboxylic acid groups (broad SMARTS) is 1. The van der Waals surface area contributed by atoms with E-state index in [0.717, 1.165) is 12.1 Å². The molecule has 0 fully saturated rings. The van der Waals surface area contributed by atoms with Crippen LogP contribution < -0.4 is 0 Å². The minimum absolute atomic E-state index is 0.214. The van der Waals surface area contributed by atoms with Gasteiger partial charge in [0.2, 0.25) is 5.89 Å². The van der Waals surface area contributed by atoms with Gasteiger partial charge in [-0.3, -0.25) is 0 Å². The van der Waals surface area contributed by atoms with Gasteiger partial charge < -0.3 is 9.63 Å². The van der Waals surface area contributed by atoms with Crippen LogP contribution in [0.4, 0.5) is 4.39 Å². The van der Waals surface area contributed by atoms with Gasteiger partial charge in [-0.2, -0.15) is 4.98 Å². The fraction of sp³-hybridized carbons (Fsp3) is 0.182. The van der Waals surface area contributed by atoms with E-state index in [9.17, 15) is 17.6 Å². The molecule has 0 bridgehead atoms. The largest absolute Gasteiger partial charge is 0.478 e. The van der Waals surface area contributed by atoms with Gasteiger partial charge in [-0.05, 0) is 19.1 Å². The summed E-state index contributed by atoms with van der Waals surface area (Å²) in [5, 5.41) is 12.0. The van der Waals surface area contributed by atoms with Crippen LogP contribution in [0.5, 0.6) is 0 Å². The Balaban J connectivity index is 2.52. The molecule has 0 aliphatic rings. The maximum Gasteiger partial charge on any atom is 0.338 e. The summed E-state index contributed by atoms with van der Waals surface area (Å²) in [5.41, 5.74) is -0.831. The van der Waals surface area contributed by atoms with Gasteiger partial charge in [-0.15, -0.1) is 0 Å². The van der Waals surface area contributed by atoms with Crippen molar-refractivity contribution < 1.29 is 27.2 Å². The molecule has 21 heavy (non-hydrogen) atoms. The Hall–Kier alpha value is -2.00. The molecule has 0 amide bonds. The maximum atomic E-state index is 14.0. The molecule has 0 saturated heterocycles. The van der Waals surface area contributed by atoms with E-state index in [2.05, 4.69) is 14.7 Å². The van der Waals surface area contributed by atoms with Gasteiger partial charge in [0.15, 0.2) is 21.5 Å². The van der Waals surface area contributed by atoms with Crippen LogP contribution in [0.15, 0.2) is 21.6 Å². The molecule has 1 aromatic heterocycles. The van der Waals surface area contributed by atoms with E-state index < -0.39 is 37.8 Å². The van der Waals surface area contributed by atoms with Crippen molar-refractivity contribution in [2.75, 3.05) is 0 Å². The van der Waals surface area contributed by atoms with Gasteiger partial charge >= 0.3 is 5.97 Å². The van der Waals surface area contributed by atoms with Crippen LogP contribution in [-0.4, -0.2) is 29.6 Å². The van der Waals surface area contributed by atoms with Gasteiger partial charge in [-0.1, -0.05) is 16.8 Å². The highest BCUT2D eigenvalue weighted by Crippen LogP contribution is 2.26. The number of aryl methyl sites for hydroxylation is 1. The SMILES string of the molecule is Cc1noc(CS(=O)(=O)c2cc(Cl)cc(C(=O)O)c2F)n1. The van der Waals surface area contributed by atoms with E-state index in [-0.39, 0.29) is 16.7 Å². The Kier molecular flexibility index (Phi) is 3.97. The van der Waals surface area contributed by atoms with Gasteiger partial charge in [0.05, 0.1) is 5.56 Å². The number of hydrogen-bond acceptors (Lipinski definition) is 6. The molecule has 7 nitrogen and oxygen atoms in total. The highest BCUT2D eigenvalue weighted by Gasteiger charge is 2.27. The van der Waals surface area contributed by atoms with Crippen molar-refractivity contribution in [3.05, 3.63) is 40.3 Å². The zero-order chi connectivity index (χ0) is 15.8. The van der Waals surface area contributed by atoms with Crippen LogP contribution >= 0.6 is 11.6 Å². The topological polar surface area (TPSA) is 110 Å². The molecule has 2 aromatic rings. The quantitative estimate of drug-likeness (QED) is 0.908. The second kappa shape index (κ2) is 5.41. The second-order valence-electron chi connectivity index (χ2n) is 4.07. The molecule has 0 unspecified atom stereocenters. The van der Waals surface area contributed by atoms with E-state index in [4.69, 9.17) is 16.7 Å². The Morgan fingerprint density at radius 2 is 2.14 bits per heavy atom. The fourth-order valence-electron chi connectivity index (χ4n) is 1.59. The third-order valence-electron chi connectivity index (χ3n) is 2.45. The van der Waals surface area contributed by atoms with Crippen molar-refractivity contribution in [1.82, 2.24) is 10.1 Å². The summed E-state index contributed by atoms with van der Waals surface area (Å²) in [6, 6.07) is 1.66. The lowest BCUT2D eigenvalue weighted by Crippen LogP contribution is -2.11. The molecule has 0 aliphatic carbocycles. The first kappa shape index (κ1) is 15.4. The van der Waals surface area contributed by atoms with Crippen LogP contribution in [0.25, 0.3) is 0 Å². The molecule has 112 valence electrons. The highest BCUT2D eigenvalue weighted by atomic mass is 35.5. The highest BCUT2D eigenvalue weighted by molar-refractivity contribution is 7.90. The van der Waals surface area contributed by atoms with Gasteiger partial charge in [-0.25, -0.2) is 17.6 Å². The molecule has 0 radical (unpaired) electrons. The molecule has 2 rings (SSSR count). The Bertz CT molecular complexity index is 818. The molecule has 0 saturated carbocycles. The predicted molar refractivity (Wildman–Crippen MR) is 68.3 cm³/mol. The first-order valence-corrected chi connectivity index (χ1v) is 7.48. The summed E-state index contributed by atoms with van der Waals surface area (Å²) in [7, 11) is -4.23. The zero-order valence-corrected chi connectivity index (χ0v) is 12.1. The summed E-state index contributed by atoms with van der Waals surface area (Å²) in [6.45, 7) is 1.49. The number of aromatic carboxylic acids is 1. The molecule has 1 heterocycles. The van der Waals surface area contributed by atoms with Crippen molar-refractivity contribution in [3.63, 3.8) is 0 Å². The number of sulfone groups is 1. The Labute approximate surface area is 123 Å². The number of carboxylic acids is 1. The number of aromatic nitrogens is 2. The van der Waals surface area contributed by atoms with Crippen molar-refractivity contribution in [1.29, 1.82) is 0 Å². The molecular weight excluding hydrogens is 327 g/mol. The lowest BCUT2D eigenvalue weighted by atomic mass is 10.2. The number of halogens is 2. The third-order valence-corrected chi connectivity index (χ3v) is 4.26. The smallest absolute Gasteiger partial charge is 0.338 e. The minimum Gasteiger partial charge on any atom is -0.478 e. The lowest BCUT2D eigenvalue weighted by molar-refractivity contribution is 0.0691. The number of benzene rings is 1. The summed E-state index contributed by atoms with van der Waals surface area (Å²) < 4.78 is 43.0. The average molecular weight is 335 g/mol. The average Bonchev–Trinajstić information content (AvgIpc) is 2.76. The van der Waals surface area contributed by atoms with E-state index in [0.29, 0.717) is 0 Å². The molecular formula is C11H8ClFN2O5S. The van der Waals surface area contributed by atoms with Gasteiger partial charge in [0.25, 0.3) is 0 Å². The summed E-state index contributed by atoms with van der Waals surface area (Å²) in [4.78, 5) is 13.8. The van der Waals surface area contributed by atoms with E-state index in [1.54, 1.807) is 0 Å². The molecule has 10 heteroatoms. The normalized spacial score (nSPS) is 11.6. The summed E-state index contributed by atoms with van der Waals surface area (Å²) in [5.74, 6) is -3.78. The van der Waals surface area contributed by atoms with Crippen molar-refractivity contribution in [2.45, 2.75) is 17.6 Å². The lowest BCUT2D eigenvalue weighted by Gasteiger charge is -2.06. The van der Waals surface area contributed by atoms with Gasteiger partial charge in [0.1, 0.15) is 10.6 Å². The standard InChI is InChI=1S/C11H8ClFN2O5S/c1-5-14-9(20-15-5)4-21(18,19)8-3-6(12)2-7(10(8)13)11(16)17/h2-3H,4H2,1H3,(H,16,17). The van der Waals surface area contributed by atoms with Crippen LogP contribution in [0.2, 0.25) is 5.02 Å². The number of rotatable bonds is 4. The zero-order valence-electron chi connectivity index (χ0n) is 10.5. The molecule has 0 aliphatic heterocycles. The van der Waals surface area contributed by atoms with E-state index in [1.807, 2.05) is 0 Å². The van der Waals surface area contributed by atoms with Crippen LogP contribution in [0.3, 0.4) is 0 Å². The Morgan fingerprint density at radius 1 is 1.48 bits per heavy atom. The molecule has 0 atom stereocenters. The summed E-state index contributed by atoms with van der Waals surface area (Å²) in [6.07, 6.45) is 0. The Morgan fingerprint density at radius 3 is 2.67 bits per heavy atom. The maximum absolute atomic E-state index is 14.0. The van der Waals surface area contributed by atoms with Crippen molar-refractivity contribution in [2.24, 2.45) is 0 Å². The molecule has 0 spiro atoms.